The molecule has 1 saturated heterocycles. The van der Waals surface area contributed by atoms with Crippen molar-refractivity contribution in [2.24, 2.45) is 0 Å². The number of carbonyl (C=O) groups excluding carboxylic acids is 1. The molecule has 0 radical (unpaired) electrons. The first-order chi connectivity index (χ1) is 20.0. The van der Waals surface area contributed by atoms with Crippen LogP contribution in [0.25, 0.3) is 5.78 Å². The number of thioether (sulfide) groups is 1. The van der Waals surface area contributed by atoms with Gasteiger partial charge in [-0.2, -0.15) is 9.50 Å². The second-order valence-corrected chi connectivity index (χ2v) is 11.0. The Labute approximate surface area is 244 Å². The summed E-state index contributed by atoms with van der Waals surface area (Å²) in [6.07, 6.45) is 3.88. The molecule has 1 amide bonds. The van der Waals surface area contributed by atoms with Crippen LogP contribution in [0.2, 0.25) is 0 Å². The minimum atomic E-state index is -0.192. The first kappa shape index (κ1) is 28.5. The van der Waals surface area contributed by atoms with Crippen LogP contribution in [0.5, 0.6) is 17.2 Å². The lowest BCUT2D eigenvalue weighted by molar-refractivity contribution is 0.0932. The van der Waals surface area contributed by atoms with Crippen LogP contribution >= 0.6 is 11.8 Å². The highest BCUT2D eigenvalue weighted by molar-refractivity contribution is 7.99. The molecule has 1 fully saturated rings. The van der Waals surface area contributed by atoms with E-state index in [-0.39, 0.29) is 11.9 Å². The van der Waals surface area contributed by atoms with Crippen molar-refractivity contribution >= 4 is 29.3 Å². The van der Waals surface area contributed by atoms with Gasteiger partial charge in [-0.1, -0.05) is 42.1 Å². The van der Waals surface area contributed by atoms with Gasteiger partial charge in [0.05, 0.1) is 21.3 Å². The van der Waals surface area contributed by atoms with E-state index in [0.717, 1.165) is 54.6 Å². The van der Waals surface area contributed by atoms with E-state index in [9.17, 15) is 4.79 Å². The van der Waals surface area contributed by atoms with Gasteiger partial charge < -0.3 is 24.4 Å². The number of ether oxygens (including phenoxy) is 3. The van der Waals surface area contributed by atoms with Crippen molar-refractivity contribution in [3.05, 3.63) is 65.4 Å². The lowest BCUT2D eigenvalue weighted by Gasteiger charge is -2.34. The number of nitrogens with zero attached hydrogens (tertiary/aromatic N) is 5. The number of aromatic nitrogens is 4. The highest BCUT2D eigenvalue weighted by atomic mass is 32.2. The summed E-state index contributed by atoms with van der Waals surface area (Å²) in [7, 11) is 4.61. The molecule has 11 heteroatoms. The zero-order valence-electron chi connectivity index (χ0n) is 23.9. The molecular weight excluding hydrogens is 540 g/mol. The molecule has 1 unspecified atom stereocenters. The van der Waals surface area contributed by atoms with Gasteiger partial charge in [0.25, 0.3) is 11.7 Å². The van der Waals surface area contributed by atoms with Crippen LogP contribution in [-0.4, -0.2) is 71.7 Å². The number of rotatable bonds is 11. The third-order valence-corrected chi connectivity index (χ3v) is 8.02. The first-order valence-corrected chi connectivity index (χ1v) is 14.7. The molecule has 0 spiro atoms. The van der Waals surface area contributed by atoms with Gasteiger partial charge in [-0.05, 0) is 50.3 Å². The number of amides is 1. The molecule has 1 N–H and O–H groups in total. The minimum Gasteiger partial charge on any atom is -0.493 e. The highest BCUT2D eigenvalue weighted by Gasteiger charge is 2.26. The van der Waals surface area contributed by atoms with Gasteiger partial charge in [0.15, 0.2) is 11.5 Å². The molecule has 2 aromatic heterocycles. The number of piperidine rings is 1. The average Bonchev–Trinajstić information content (AvgIpc) is 3.41. The molecule has 5 rings (SSSR count). The van der Waals surface area contributed by atoms with Gasteiger partial charge >= 0.3 is 0 Å². The summed E-state index contributed by atoms with van der Waals surface area (Å²) in [5, 5.41) is 8.72. The second kappa shape index (κ2) is 13.1. The van der Waals surface area contributed by atoms with Crippen LogP contribution in [0.15, 0.2) is 53.7 Å². The molecule has 0 aliphatic carbocycles. The lowest BCUT2D eigenvalue weighted by atomic mass is 10.0. The van der Waals surface area contributed by atoms with E-state index in [4.69, 9.17) is 24.3 Å². The number of nitrogens with one attached hydrogen (secondary N) is 1. The second-order valence-electron chi connectivity index (χ2n) is 9.97. The Bertz CT molecular complexity index is 1470. The van der Waals surface area contributed by atoms with E-state index < -0.39 is 0 Å². The summed E-state index contributed by atoms with van der Waals surface area (Å²) in [6, 6.07) is 15.8. The van der Waals surface area contributed by atoms with Crippen molar-refractivity contribution in [2.75, 3.05) is 45.1 Å². The largest absolute Gasteiger partial charge is 0.493 e. The Hall–Kier alpha value is -3.99. The summed E-state index contributed by atoms with van der Waals surface area (Å²) in [6.45, 7) is 3.47. The standard InChI is InChI=1S/C30H36N6O4S/c1-20-16-26(36-29(31-20)33-30(34-36)41-15-9-12-21-10-6-5-7-11-21)35-14-8-13-23(19-35)32-28(37)22-17-24(38-2)27(40-4)25(18-22)39-3/h5-7,10-11,16-18,23H,8-9,12-15,19H2,1-4H3,(H,32,37). The number of anilines is 1. The van der Waals surface area contributed by atoms with Crippen LogP contribution in [0.3, 0.4) is 0 Å². The van der Waals surface area contributed by atoms with Crippen LogP contribution in [0, 0.1) is 6.92 Å². The van der Waals surface area contributed by atoms with E-state index >= 15 is 0 Å². The van der Waals surface area contributed by atoms with E-state index in [2.05, 4.69) is 39.5 Å². The maximum absolute atomic E-state index is 13.3. The van der Waals surface area contributed by atoms with Crippen molar-refractivity contribution in [3.8, 4) is 17.2 Å². The summed E-state index contributed by atoms with van der Waals surface area (Å²) in [5.41, 5.74) is 2.67. The molecule has 3 heterocycles. The number of carbonyl (C=O) groups is 1. The molecular formula is C30H36N6O4S. The minimum absolute atomic E-state index is 0.0470. The Morgan fingerprint density at radius 1 is 1.05 bits per heavy atom. The monoisotopic (exact) mass is 576 g/mol. The fourth-order valence-electron chi connectivity index (χ4n) is 5.10. The van der Waals surface area contributed by atoms with Gasteiger partial charge in [-0.25, -0.2) is 4.98 Å². The summed E-state index contributed by atoms with van der Waals surface area (Å²) < 4.78 is 18.1. The summed E-state index contributed by atoms with van der Waals surface area (Å²) in [5.74, 6) is 3.60. The molecule has 1 aliphatic heterocycles. The lowest BCUT2D eigenvalue weighted by Crippen LogP contribution is -2.48. The predicted octanol–water partition coefficient (Wildman–Crippen LogP) is 4.58. The molecule has 216 valence electrons. The SMILES string of the molecule is COc1cc(C(=O)NC2CCCN(c3cc(C)nc4nc(SCCCc5ccccc5)nn34)C2)cc(OC)c1OC. The maximum Gasteiger partial charge on any atom is 0.255 e. The predicted molar refractivity (Wildman–Crippen MR) is 160 cm³/mol. The Kier molecular flexibility index (Phi) is 9.13. The van der Waals surface area contributed by atoms with E-state index in [0.29, 0.717) is 35.1 Å². The van der Waals surface area contributed by atoms with E-state index in [1.54, 1.807) is 23.9 Å². The number of benzene rings is 2. The Balaban J connectivity index is 1.27. The first-order valence-electron chi connectivity index (χ1n) is 13.8. The quantitative estimate of drug-likeness (QED) is 0.203. The van der Waals surface area contributed by atoms with Crippen LogP contribution < -0.4 is 24.4 Å². The van der Waals surface area contributed by atoms with Gasteiger partial charge in [-0.15, -0.1) is 5.10 Å². The number of hydrogen-bond acceptors (Lipinski definition) is 9. The molecule has 4 aromatic rings. The van der Waals surface area contributed by atoms with E-state index in [1.165, 1.54) is 26.9 Å². The number of methoxy groups -OCH3 is 3. The smallest absolute Gasteiger partial charge is 0.255 e. The number of aryl methyl sites for hydroxylation is 2. The van der Waals surface area contributed by atoms with Gasteiger partial charge in [0, 0.05) is 42.2 Å². The molecule has 0 bridgehead atoms. The zero-order chi connectivity index (χ0) is 28.8. The average molecular weight is 577 g/mol. The van der Waals surface area contributed by atoms with Crippen LogP contribution in [0.1, 0.15) is 40.9 Å². The van der Waals surface area contributed by atoms with Crippen LogP contribution in [-0.2, 0) is 6.42 Å². The van der Waals surface area contributed by atoms with Crippen molar-refractivity contribution < 1.29 is 19.0 Å². The Morgan fingerprint density at radius 3 is 2.51 bits per heavy atom. The van der Waals surface area contributed by atoms with Gasteiger partial charge in [-0.3, -0.25) is 4.79 Å². The van der Waals surface area contributed by atoms with Crippen molar-refractivity contribution in [1.29, 1.82) is 0 Å². The molecule has 10 nitrogen and oxygen atoms in total. The van der Waals surface area contributed by atoms with Gasteiger partial charge in [0.1, 0.15) is 5.82 Å². The number of hydrogen-bond donors (Lipinski definition) is 1. The summed E-state index contributed by atoms with van der Waals surface area (Å²) >= 11 is 1.65. The van der Waals surface area contributed by atoms with Gasteiger partial charge in [0.2, 0.25) is 10.9 Å². The fraction of sp³-hybridized carbons (Fsp3) is 0.400. The molecule has 2 aromatic carbocycles. The molecule has 41 heavy (non-hydrogen) atoms. The van der Waals surface area contributed by atoms with E-state index in [1.807, 2.05) is 23.6 Å². The fourth-order valence-corrected chi connectivity index (χ4v) is 5.86. The topological polar surface area (TPSA) is 103 Å². The summed E-state index contributed by atoms with van der Waals surface area (Å²) in [4.78, 5) is 24.8. The molecule has 0 saturated carbocycles. The number of fused-ring (bicyclic) bond motifs is 1. The molecule has 1 atom stereocenters. The van der Waals surface area contributed by atoms with Crippen molar-refractivity contribution in [1.82, 2.24) is 24.9 Å². The van der Waals surface area contributed by atoms with Crippen molar-refractivity contribution in [3.63, 3.8) is 0 Å². The maximum atomic E-state index is 13.3. The van der Waals surface area contributed by atoms with Crippen molar-refractivity contribution in [2.45, 2.75) is 43.8 Å². The Morgan fingerprint density at radius 2 is 1.80 bits per heavy atom. The normalized spacial score (nSPS) is 15.1. The van der Waals surface area contributed by atoms with Crippen LogP contribution in [0.4, 0.5) is 5.82 Å². The molecule has 1 aliphatic rings. The zero-order valence-corrected chi connectivity index (χ0v) is 24.7. The third-order valence-electron chi connectivity index (χ3n) is 7.09. The third kappa shape index (κ3) is 6.67. The highest BCUT2D eigenvalue weighted by Crippen LogP contribution is 2.38.